The summed E-state index contributed by atoms with van der Waals surface area (Å²) in [6, 6.07) is 0. The zero-order valence-corrected chi connectivity index (χ0v) is 6.81. The van der Waals surface area contributed by atoms with Crippen LogP contribution in [0.15, 0.2) is 0 Å². The van der Waals surface area contributed by atoms with Gasteiger partial charge in [0, 0.05) is 6.42 Å². The Morgan fingerprint density at radius 2 is 2.18 bits per heavy atom. The molecule has 1 aliphatic heterocycles. The molecule has 0 amide bonds. The van der Waals surface area contributed by atoms with E-state index in [0.717, 1.165) is 39.0 Å². The Bertz CT molecular complexity index is 133. The van der Waals surface area contributed by atoms with Gasteiger partial charge in [0.1, 0.15) is 0 Å². The Labute approximate surface area is 68.3 Å². The van der Waals surface area contributed by atoms with Crippen molar-refractivity contribution in [2.45, 2.75) is 25.4 Å². The fraction of sp³-hybridized carbons (Fsp3) is 0.778. The molecule has 0 aromatic rings. The molecule has 1 N–H and O–H groups in total. The minimum absolute atomic E-state index is 0.449. The summed E-state index contributed by atoms with van der Waals surface area (Å²) in [7, 11) is 0. The third-order valence-electron chi connectivity index (χ3n) is 1.89. The van der Waals surface area contributed by atoms with Crippen molar-refractivity contribution in [1.82, 2.24) is 5.32 Å². The summed E-state index contributed by atoms with van der Waals surface area (Å²) in [6.07, 6.45) is 8.55. The van der Waals surface area contributed by atoms with E-state index in [2.05, 4.69) is 11.2 Å². The largest absolute Gasteiger partial charge is 0.377 e. The van der Waals surface area contributed by atoms with Crippen LogP contribution in [0.4, 0.5) is 0 Å². The third kappa shape index (κ3) is 3.41. The van der Waals surface area contributed by atoms with Crippen LogP contribution in [0, 0.1) is 12.3 Å². The summed E-state index contributed by atoms with van der Waals surface area (Å²) in [5.74, 6) is 2.57. The molecule has 2 nitrogen and oxygen atoms in total. The van der Waals surface area contributed by atoms with Crippen LogP contribution in [0.2, 0.25) is 0 Å². The number of hydrogen-bond acceptors (Lipinski definition) is 2. The van der Waals surface area contributed by atoms with Gasteiger partial charge in [-0.25, -0.2) is 0 Å². The van der Waals surface area contributed by atoms with E-state index in [0.29, 0.717) is 6.10 Å². The summed E-state index contributed by atoms with van der Waals surface area (Å²) in [5.41, 5.74) is 0. The Hall–Kier alpha value is -0.520. The minimum atomic E-state index is 0.449. The Morgan fingerprint density at radius 1 is 1.45 bits per heavy atom. The maximum absolute atomic E-state index is 5.54. The smallest absolute Gasteiger partial charge is 0.0599 e. The molecule has 1 rings (SSSR count). The van der Waals surface area contributed by atoms with Crippen molar-refractivity contribution in [1.29, 1.82) is 0 Å². The maximum atomic E-state index is 5.54. The molecule has 1 aliphatic rings. The average Bonchev–Trinajstić information content (AvgIpc) is 2.07. The van der Waals surface area contributed by atoms with Gasteiger partial charge in [-0.2, -0.15) is 0 Å². The fourth-order valence-corrected chi connectivity index (χ4v) is 1.25. The van der Waals surface area contributed by atoms with E-state index in [1.807, 2.05) is 0 Å². The van der Waals surface area contributed by atoms with Crippen molar-refractivity contribution < 1.29 is 4.74 Å². The molecule has 0 radical (unpaired) electrons. The molecule has 0 spiro atoms. The van der Waals surface area contributed by atoms with Gasteiger partial charge in [0.2, 0.25) is 0 Å². The van der Waals surface area contributed by atoms with Crippen LogP contribution in [-0.2, 0) is 4.74 Å². The van der Waals surface area contributed by atoms with E-state index in [-0.39, 0.29) is 0 Å². The lowest BCUT2D eigenvalue weighted by molar-refractivity contribution is 0.0366. The van der Waals surface area contributed by atoms with Crippen molar-refractivity contribution in [3.63, 3.8) is 0 Å². The van der Waals surface area contributed by atoms with Crippen LogP contribution < -0.4 is 5.32 Å². The molecule has 0 aliphatic carbocycles. The summed E-state index contributed by atoms with van der Waals surface area (Å²) >= 11 is 0. The van der Waals surface area contributed by atoms with Gasteiger partial charge in [0.05, 0.1) is 12.7 Å². The molecule has 62 valence electrons. The highest BCUT2D eigenvalue weighted by Crippen LogP contribution is 2.06. The van der Waals surface area contributed by atoms with Gasteiger partial charge in [-0.3, -0.25) is 0 Å². The minimum Gasteiger partial charge on any atom is -0.377 e. The Morgan fingerprint density at radius 3 is 2.82 bits per heavy atom. The predicted octanol–water partition coefficient (Wildman–Crippen LogP) is 0.778. The lowest BCUT2D eigenvalue weighted by Crippen LogP contribution is -2.32. The van der Waals surface area contributed by atoms with Crippen LogP contribution in [0.5, 0.6) is 0 Å². The molecule has 0 aromatic carbocycles. The first kappa shape index (κ1) is 8.58. The second-order valence-electron chi connectivity index (χ2n) is 2.77. The number of terminal acetylenes is 1. The summed E-state index contributed by atoms with van der Waals surface area (Å²) < 4.78 is 5.54. The normalized spacial score (nSPS) is 19.5. The predicted molar refractivity (Wildman–Crippen MR) is 45.3 cm³/mol. The van der Waals surface area contributed by atoms with Crippen molar-refractivity contribution >= 4 is 0 Å². The van der Waals surface area contributed by atoms with Crippen molar-refractivity contribution in [3.8, 4) is 12.3 Å². The third-order valence-corrected chi connectivity index (χ3v) is 1.89. The van der Waals surface area contributed by atoms with Crippen molar-refractivity contribution in [3.05, 3.63) is 0 Å². The van der Waals surface area contributed by atoms with Crippen LogP contribution in [0.25, 0.3) is 0 Å². The first-order valence-corrected chi connectivity index (χ1v) is 4.19. The van der Waals surface area contributed by atoms with Gasteiger partial charge in [0.25, 0.3) is 0 Å². The van der Waals surface area contributed by atoms with E-state index in [4.69, 9.17) is 11.2 Å². The molecule has 0 aromatic heterocycles. The molecular weight excluding hydrogens is 138 g/mol. The van der Waals surface area contributed by atoms with Gasteiger partial charge in [0.15, 0.2) is 0 Å². The second-order valence-corrected chi connectivity index (χ2v) is 2.77. The topological polar surface area (TPSA) is 21.3 Å². The highest BCUT2D eigenvalue weighted by molar-refractivity contribution is 4.83. The summed E-state index contributed by atoms with van der Waals surface area (Å²) in [4.78, 5) is 0. The van der Waals surface area contributed by atoms with Gasteiger partial charge in [-0.15, -0.1) is 12.3 Å². The standard InChI is InChI=1S/C9H15NO/c1-2-3-8-11-9-4-6-10-7-5-9/h1,9-10H,3-8H2. The number of hydrogen-bond donors (Lipinski definition) is 1. The Balaban J connectivity index is 2.01. The highest BCUT2D eigenvalue weighted by atomic mass is 16.5. The van der Waals surface area contributed by atoms with E-state index >= 15 is 0 Å². The molecule has 1 saturated heterocycles. The van der Waals surface area contributed by atoms with E-state index in [1.54, 1.807) is 0 Å². The molecule has 1 fully saturated rings. The van der Waals surface area contributed by atoms with E-state index < -0.39 is 0 Å². The molecule has 0 saturated carbocycles. The highest BCUT2D eigenvalue weighted by Gasteiger charge is 2.11. The van der Waals surface area contributed by atoms with Gasteiger partial charge < -0.3 is 10.1 Å². The first-order valence-electron chi connectivity index (χ1n) is 4.19. The van der Waals surface area contributed by atoms with E-state index in [9.17, 15) is 0 Å². The lowest BCUT2D eigenvalue weighted by Gasteiger charge is -2.22. The zero-order valence-electron chi connectivity index (χ0n) is 6.81. The van der Waals surface area contributed by atoms with Gasteiger partial charge in [-0.1, -0.05) is 0 Å². The fourth-order valence-electron chi connectivity index (χ4n) is 1.25. The quantitative estimate of drug-likeness (QED) is 0.478. The van der Waals surface area contributed by atoms with Crippen LogP contribution in [0.3, 0.4) is 0 Å². The first-order chi connectivity index (χ1) is 5.43. The molecule has 1 heterocycles. The van der Waals surface area contributed by atoms with Crippen LogP contribution >= 0.6 is 0 Å². The molecule has 11 heavy (non-hydrogen) atoms. The molecule has 0 atom stereocenters. The van der Waals surface area contributed by atoms with Crippen LogP contribution in [-0.4, -0.2) is 25.8 Å². The van der Waals surface area contributed by atoms with Crippen LogP contribution in [0.1, 0.15) is 19.3 Å². The number of nitrogens with one attached hydrogen (secondary N) is 1. The summed E-state index contributed by atoms with van der Waals surface area (Å²) in [6.45, 7) is 2.89. The molecule has 0 bridgehead atoms. The number of ether oxygens (including phenoxy) is 1. The second kappa shape index (κ2) is 5.17. The summed E-state index contributed by atoms with van der Waals surface area (Å²) in [5, 5.41) is 3.28. The Kier molecular flexibility index (Phi) is 4.03. The molecule has 0 unspecified atom stereocenters. The number of piperidine rings is 1. The lowest BCUT2D eigenvalue weighted by atomic mass is 10.1. The molecular formula is C9H15NO. The van der Waals surface area contributed by atoms with Gasteiger partial charge >= 0.3 is 0 Å². The molecule has 2 heteroatoms. The average molecular weight is 153 g/mol. The van der Waals surface area contributed by atoms with Crippen molar-refractivity contribution in [2.75, 3.05) is 19.7 Å². The number of rotatable bonds is 3. The van der Waals surface area contributed by atoms with Gasteiger partial charge in [-0.05, 0) is 25.9 Å². The van der Waals surface area contributed by atoms with E-state index in [1.165, 1.54) is 0 Å². The zero-order chi connectivity index (χ0) is 7.94. The van der Waals surface area contributed by atoms with Crippen molar-refractivity contribution in [2.24, 2.45) is 0 Å². The monoisotopic (exact) mass is 153 g/mol. The maximum Gasteiger partial charge on any atom is 0.0599 e. The SMILES string of the molecule is C#CCCOC1CCNCC1.